The van der Waals surface area contributed by atoms with Gasteiger partial charge in [0.25, 0.3) is 0 Å². The zero-order chi connectivity index (χ0) is 13.2. The number of nitrogens with zero attached hydrogens (tertiary/aromatic N) is 2. The third kappa shape index (κ3) is 2.18. The highest BCUT2D eigenvalue weighted by atomic mass is 19.1. The van der Waals surface area contributed by atoms with E-state index in [9.17, 15) is 9.50 Å². The molecule has 0 aliphatic heterocycles. The molecule has 94 valence electrons. The Labute approximate surface area is 109 Å². The molecule has 2 aromatic heterocycles. The van der Waals surface area contributed by atoms with E-state index >= 15 is 0 Å². The second kappa shape index (κ2) is 4.74. The number of halogens is 1. The van der Waals surface area contributed by atoms with Gasteiger partial charge in [-0.25, -0.2) is 9.37 Å². The summed E-state index contributed by atoms with van der Waals surface area (Å²) in [5.41, 5.74) is 3.31. The van der Waals surface area contributed by atoms with E-state index in [1.54, 1.807) is 30.5 Å². The molecule has 0 spiro atoms. The van der Waals surface area contributed by atoms with Gasteiger partial charge in [-0.15, -0.1) is 0 Å². The standard InChI is InChI=1S/C15H11FN2O/c16-12-4-1-3-10(7-12)15-11(9-19)8-14-13(18-15)5-2-6-17-14/h1-8,19H,9H2. The van der Waals surface area contributed by atoms with E-state index < -0.39 is 0 Å². The number of pyridine rings is 2. The fourth-order valence-electron chi connectivity index (χ4n) is 2.05. The van der Waals surface area contributed by atoms with Crippen LogP contribution in [0.2, 0.25) is 0 Å². The molecule has 0 aliphatic carbocycles. The number of aliphatic hydroxyl groups is 1. The minimum absolute atomic E-state index is 0.161. The summed E-state index contributed by atoms with van der Waals surface area (Å²) in [6, 6.07) is 11.6. The molecule has 3 rings (SSSR count). The quantitative estimate of drug-likeness (QED) is 0.764. The zero-order valence-electron chi connectivity index (χ0n) is 10.0. The van der Waals surface area contributed by atoms with Crippen LogP contribution in [0.25, 0.3) is 22.3 Å². The molecule has 2 heterocycles. The van der Waals surface area contributed by atoms with Crippen molar-refractivity contribution in [3.63, 3.8) is 0 Å². The monoisotopic (exact) mass is 254 g/mol. The Balaban J connectivity index is 2.27. The molecule has 0 fully saturated rings. The van der Waals surface area contributed by atoms with Crippen LogP contribution >= 0.6 is 0 Å². The van der Waals surface area contributed by atoms with Crippen molar-refractivity contribution in [3.05, 3.63) is 60.0 Å². The van der Waals surface area contributed by atoms with E-state index in [0.29, 0.717) is 22.3 Å². The SMILES string of the molecule is OCc1cc2ncccc2nc1-c1cccc(F)c1. The van der Waals surface area contributed by atoms with Gasteiger partial charge >= 0.3 is 0 Å². The first-order valence-electron chi connectivity index (χ1n) is 5.89. The summed E-state index contributed by atoms with van der Waals surface area (Å²) in [6.07, 6.45) is 1.67. The fourth-order valence-corrected chi connectivity index (χ4v) is 2.05. The van der Waals surface area contributed by atoms with Crippen LogP contribution in [-0.4, -0.2) is 15.1 Å². The van der Waals surface area contributed by atoms with E-state index in [0.717, 1.165) is 5.52 Å². The Morgan fingerprint density at radius 2 is 1.95 bits per heavy atom. The van der Waals surface area contributed by atoms with Crippen molar-refractivity contribution in [1.29, 1.82) is 0 Å². The smallest absolute Gasteiger partial charge is 0.123 e. The number of hydrogen-bond acceptors (Lipinski definition) is 3. The van der Waals surface area contributed by atoms with Crippen molar-refractivity contribution in [2.45, 2.75) is 6.61 Å². The second-order valence-electron chi connectivity index (χ2n) is 4.21. The van der Waals surface area contributed by atoms with E-state index in [4.69, 9.17) is 0 Å². The lowest BCUT2D eigenvalue weighted by molar-refractivity contribution is 0.282. The van der Waals surface area contributed by atoms with Gasteiger partial charge in [-0.3, -0.25) is 4.98 Å². The summed E-state index contributed by atoms with van der Waals surface area (Å²) in [4.78, 5) is 8.66. The predicted molar refractivity (Wildman–Crippen MR) is 70.9 cm³/mol. The third-order valence-electron chi connectivity index (χ3n) is 2.93. The molecule has 0 saturated carbocycles. The van der Waals surface area contributed by atoms with Crippen LogP contribution in [0.15, 0.2) is 48.7 Å². The summed E-state index contributed by atoms with van der Waals surface area (Å²) in [5, 5.41) is 9.45. The lowest BCUT2D eigenvalue weighted by Gasteiger charge is -2.08. The molecular formula is C15H11FN2O. The zero-order valence-corrected chi connectivity index (χ0v) is 10.0. The molecule has 19 heavy (non-hydrogen) atoms. The first-order chi connectivity index (χ1) is 9.28. The minimum atomic E-state index is -0.325. The number of benzene rings is 1. The molecule has 3 aromatic rings. The number of fused-ring (bicyclic) bond motifs is 1. The van der Waals surface area contributed by atoms with Gasteiger partial charge in [-0.2, -0.15) is 0 Å². The molecule has 0 unspecified atom stereocenters. The van der Waals surface area contributed by atoms with Gasteiger partial charge in [0.05, 0.1) is 23.3 Å². The van der Waals surface area contributed by atoms with Gasteiger partial charge in [0, 0.05) is 17.3 Å². The molecule has 0 amide bonds. The maximum Gasteiger partial charge on any atom is 0.123 e. The van der Waals surface area contributed by atoms with Crippen LogP contribution in [0, 0.1) is 5.82 Å². The Kier molecular flexibility index (Phi) is 2.93. The molecule has 0 radical (unpaired) electrons. The van der Waals surface area contributed by atoms with Gasteiger partial charge in [0.2, 0.25) is 0 Å². The topological polar surface area (TPSA) is 46.0 Å². The second-order valence-corrected chi connectivity index (χ2v) is 4.21. The highest BCUT2D eigenvalue weighted by molar-refractivity contribution is 5.79. The van der Waals surface area contributed by atoms with Gasteiger partial charge < -0.3 is 5.11 Å². The number of aromatic nitrogens is 2. The molecular weight excluding hydrogens is 243 g/mol. The van der Waals surface area contributed by atoms with Crippen molar-refractivity contribution in [2.75, 3.05) is 0 Å². The van der Waals surface area contributed by atoms with Gasteiger partial charge in [-0.05, 0) is 30.3 Å². The number of aliphatic hydroxyl groups excluding tert-OH is 1. The Morgan fingerprint density at radius 1 is 1.05 bits per heavy atom. The van der Waals surface area contributed by atoms with Gasteiger partial charge in [0.1, 0.15) is 5.82 Å². The molecule has 1 aromatic carbocycles. The maximum absolute atomic E-state index is 13.3. The average molecular weight is 254 g/mol. The van der Waals surface area contributed by atoms with Crippen LogP contribution in [0.4, 0.5) is 4.39 Å². The Bertz CT molecular complexity index is 743. The molecule has 0 saturated heterocycles. The average Bonchev–Trinajstić information content (AvgIpc) is 2.46. The van der Waals surface area contributed by atoms with Crippen LogP contribution in [0.1, 0.15) is 5.56 Å². The van der Waals surface area contributed by atoms with Crippen molar-refractivity contribution >= 4 is 11.0 Å². The normalized spacial score (nSPS) is 10.8. The highest BCUT2D eigenvalue weighted by Gasteiger charge is 2.09. The first kappa shape index (κ1) is 11.7. The largest absolute Gasteiger partial charge is 0.392 e. The van der Waals surface area contributed by atoms with Crippen LogP contribution in [0.5, 0.6) is 0 Å². The maximum atomic E-state index is 13.3. The molecule has 0 atom stereocenters. The summed E-state index contributed by atoms with van der Waals surface area (Å²) < 4.78 is 13.3. The summed E-state index contributed by atoms with van der Waals surface area (Å²) >= 11 is 0. The van der Waals surface area contributed by atoms with Crippen LogP contribution in [0.3, 0.4) is 0 Å². The molecule has 0 bridgehead atoms. The summed E-state index contributed by atoms with van der Waals surface area (Å²) in [5.74, 6) is -0.325. The Morgan fingerprint density at radius 3 is 2.74 bits per heavy atom. The minimum Gasteiger partial charge on any atom is -0.392 e. The third-order valence-corrected chi connectivity index (χ3v) is 2.93. The molecule has 0 aliphatic rings. The number of hydrogen-bond donors (Lipinski definition) is 1. The predicted octanol–water partition coefficient (Wildman–Crippen LogP) is 2.93. The highest BCUT2D eigenvalue weighted by Crippen LogP contribution is 2.25. The van der Waals surface area contributed by atoms with Gasteiger partial charge in [0.15, 0.2) is 0 Å². The van der Waals surface area contributed by atoms with Crippen molar-refractivity contribution in [3.8, 4) is 11.3 Å². The van der Waals surface area contributed by atoms with E-state index in [-0.39, 0.29) is 12.4 Å². The van der Waals surface area contributed by atoms with E-state index in [1.807, 2.05) is 6.07 Å². The van der Waals surface area contributed by atoms with Crippen LogP contribution < -0.4 is 0 Å². The van der Waals surface area contributed by atoms with Crippen molar-refractivity contribution < 1.29 is 9.50 Å². The number of rotatable bonds is 2. The molecule has 3 nitrogen and oxygen atoms in total. The summed E-state index contributed by atoms with van der Waals surface area (Å²) in [7, 11) is 0. The van der Waals surface area contributed by atoms with E-state index in [1.165, 1.54) is 12.1 Å². The van der Waals surface area contributed by atoms with Crippen molar-refractivity contribution in [1.82, 2.24) is 9.97 Å². The fraction of sp³-hybridized carbons (Fsp3) is 0.0667. The molecule has 1 N–H and O–H groups in total. The van der Waals surface area contributed by atoms with Crippen LogP contribution in [-0.2, 0) is 6.61 Å². The van der Waals surface area contributed by atoms with Crippen molar-refractivity contribution in [2.24, 2.45) is 0 Å². The lowest BCUT2D eigenvalue weighted by Crippen LogP contribution is -1.96. The van der Waals surface area contributed by atoms with E-state index in [2.05, 4.69) is 9.97 Å². The molecule has 4 heteroatoms. The Hall–Kier alpha value is -2.33. The summed E-state index contributed by atoms with van der Waals surface area (Å²) in [6.45, 7) is -0.161. The van der Waals surface area contributed by atoms with Gasteiger partial charge in [-0.1, -0.05) is 12.1 Å². The first-order valence-corrected chi connectivity index (χ1v) is 5.89. The lowest BCUT2D eigenvalue weighted by atomic mass is 10.1.